The van der Waals surface area contributed by atoms with Gasteiger partial charge in [0.05, 0.1) is 18.4 Å². The fraction of sp³-hybridized carbons (Fsp3) is 0.308. The predicted molar refractivity (Wildman–Crippen MR) is 67.9 cm³/mol. The number of nitrogens with zero attached hydrogens (tertiary/aromatic N) is 1. The van der Waals surface area contributed by atoms with Crippen LogP contribution in [0.3, 0.4) is 0 Å². The first kappa shape index (κ1) is 13.9. The standard InChI is InChI=1S/C13H14N2O5/c1-7(13(17)18)14-11(16)6-9-8(2)20-12(15-9)10-4-3-5-19-10/h3-5,7H,6H2,1-2H3,(H,14,16)(H,17,18)/t7-/m0/s1. The fourth-order valence-electron chi connectivity index (χ4n) is 1.60. The van der Waals surface area contributed by atoms with Gasteiger partial charge in [-0.15, -0.1) is 0 Å². The van der Waals surface area contributed by atoms with Gasteiger partial charge >= 0.3 is 5.97 Å². The van der Waals surface area contributed by atoms with E-state index in [0.717, 1.165) is 0 Å². The third kappa shape index (κ3) is 3.05. The molecule has 2 N–H and O–H groups in total. The first-order valence-electron chi connectivity index (χ1n) is 5.99. The molecule has 1 atom stereocenters. The highest BCUT2D eigenvalue weighted by Gasteiger charge is 2.19. The smallest absolute Gasteiger partial charge is 0.325 e. The molecule has 7 heteroatoms. The van der Waals surface area contributed by atoms with E-state index in [4.69, 9.17) is 13.9 Å². The van der Waals surface area contributed by atoms with Gasteiger partial charge in [0.1, 0.15) is 11.8 Å². The van der Waals surface area contributed by atoms with Gasteiger partial charge in [-0.1, -0.05) is 0 Å². The molecule has 0 aliphatic carbocycles. The van der Waals surface area contributed by atoms with Crippen molar-refractivity contribution in [1.29, 1.82) is 0 Å². The summed E-state index contributed by atoms with van der Waals surface area (Å²) in [5.41, 5.74) is 0.450. The molecule has 106 valence electrons. The second kappa shape index (κ2) is 5.60. The van der Waals surface area contributed by atoms with Crippen molar-refractivity contribution in [3.8, 4) is 11.7 Å². The Bertz CT molecular complexity index is 615. The predicted octanol–water partition coefficient (Wildman–Crippen LogP) is 1.37. The van der Waals surface area contributed by atoms with Gasteiger partial charge < -0.3 is 19.3 Å². The van der Waals surface area contributed by atoms with Gasteiger partial charge in [0.15, 0.2) is 5.76 Å². The van der Waals surface area contributed by atoms with Crippen molar-refractivity contribution >= 4 is 11.9 Å². The number of carbonyl (C=O) groups is 2. The van der Waals surface area contributed by atoms with Gasteiger partial charge in [-0.05, 0) is 26.0 Å². The van der Waals surface area contributed by atoms with Gasteiger partial charge in [0, 0.05) is 0 Å². The average molecular weight is 278 g/mol. The molecule has 0 saturated carbocycles. The molecule has 0 spiro atoms. The summed E-state index contributed by atoms with van der Waals surface area (Å²) in [4.78, 5) is 26.5. The SMILES string of the molecule is Cc1oc(-c2ccco2)nc1CC(=O)N[C@@H](C)C(=O)O. The van der Waals surface area contributed by atoms with Crippen LogP contribution < -0.4 is 5.32 Å². The molecule has 0 aromatic carbocycles. The van der Waals surface area contributed by atoms with Gasteiger partial charge in [-0.2, -0.15) is 0 Å². The Balaban J connectivity index is 2.07. The van der Waals surface area contributed by atoms with E-state index in [0.29, 0.717) is 23.1 Å². The van der Waals surface area contributed by atoms with Crippen molar-refractivity contribution in [3.63, 3.8) is 0 Å². The quantitative estimate of drug-likeness (QED) is 0.855. The summed E-state index contributed by atoms with van der Waals surface area (Å²) in [6.07, 6.45) is 1.45. The molecule has 0 fully saturated rings. The third-order valence-electron chi connectivity index (χ3n) is 2.70. The van der Waals surface area contributed by atoms with E-state index in [9.17, 15) is 9.59 Å². The Morgan fingerprint density at radius 3 is 2.85 bits per heavy atom. The van der Waals surface area contributed by atoms with E-state index < -0.39 is 17.9 Å². The molecule has 2 aromatic rings. The molecular weight excluding hydrogens is 264 g/mol. The molecule has 1 amide bonds. The van der Waals surface area contributed by atoms with E-state index in [-0.39, 0.29) is 6.42 Å². The number of aliphatic carboxylic acids is 1. The molecule has 0 radical (unpaired) electrons. The van der Waals surface area contributed by atoms with Crippen LogP contribution in [0.25, 0.3) is 11.7 Å². The molecule has 0 aliphatic rings. The minimum atomic E-state index is -1.09. The highest BCUT2D eigenvalue weighted by molar-refractivity contribution is 5.84. The van der Waals surface area contributed by atoms with E-state index >= 15 is 0 Å². The highest BCUT2D eigenvalue weighted by atomic mass is 16.4. The van der Waals surface area contributed by atoms with Crippen LogP contribution in [-0.2, 0) is 16.0 Å². The average Bonchev–Trinajstić information content (AvgIpc) is 2.99. The van der Waals surface area contributed by atoms with Crippen molar-refractivity contribution in [1.82, 2.24) is 10.3 Å². The summed E-state index contributed by atoms with van der Waals surface area (Å²) in [6.45, 7) is 3.08. The molecule has 0 saturated heterocycles. The second-order valence-electron chi connectivity index (χ2n) is 4.30. The number of aryl methyl sites for hydroxylation is 1. The number of furan rings is 1. The molecule has 2 heterocycles. The summed E-state index contributed by atoms with van der Waals surface area (Å²) in [7, 11) is 0. The summed E-state index contributed by atoms with van der Waals surface area (Å²) >= 11 is 0. The molecule has 7 nitrogen and oxygen atoms in total. The molecular formula is C13H14N2O5. The van der Waals surface area contributed by atoms with Crippen molar-refractivity contribution in [2.24, 2.45) is 0 Å². The van der Waals surface area contributed by atoms with Crippen LogP contribution >= 0.6 is 0 Å². The van der Waals surface area contributed by atoms with Crippen LogP contribution in [0.1, 0.15) is 18.4 Å². The Hall–Kier alpha value is -2.57. The first-order valence-corrected chi connectivity index (χ1v) is 5.99. The number of carboxylic acids is 1. The van der Waals surface area contributed by atoms with Crippen LogP contribution in [-0.4, -0.2) is 28.0 Å². The third-order valence-corrected chi connectivity index (χ3v) is 2.70. The summed E-state index contributed by atoms with van der Waals surface area (Å²) in [6, 6.07) is 2.46. The second-order valence-corrected chi connectivity index (χ2v) is 4.30. The summed E-state index contributed by atoms with van der Waals surface area (Å²) < 4.78 is 10.6. The van der Waals surface area contributed by atoms with Crippen LogP contribution in [0.2, 0.25) is 0 Å². The van der Waals surface area contributed by atoms with Crippen LogP contribution in [0.5, 0.6) is 0 Å². The number of carboxylic acid groups (broad SMARTS) is 1. The molecule has 0 bridgehead atoms. The van der Waals surface area contributed by atoms with Crippen molar-refractivity contribution in [2.75, 3.05) is 0 Å². The molecule has 2 rings (SSSR count). The topological polar surface area (TPSA) is 106 Å². The minimum absolute atomic E-state index is 0.0480. The Morgan fingerprint density at radius 2 is 2.25 bits per heavy atom. The van der Waals surface area contributed by atoms with Crippen LogP contribution in [0.4, 0.5) is 0 Å². The monoisotopic (exact) mass is 278 g/mol. The molecule has 0 unspecified atom stereocenters. The number of carbonyl (C=O) groups excluding carboxylic acids is 1. The molecule has 0 aliphatic heterocycles. The summed E-state index contributed by atoms with van der Waals surface area (Å²) in [5, 5.41) is 11.1. The van der Waals surface area contributed by atoms with Crippen molar-refractivity contribution in [2.45, 2.75) is 26.3 Å². The number of oxazole rings is 1. The minimum Gasteiger partial charge on any atom is -0.480 e. The molecule has 20 heavy (non-hydrogen) atoms. The number of hydrogen-bond acceptors (Lipinski definition) is 5. The Kier molecular flexibility index (Phi) is 3.88. The lowest BCUT2D eigenvalue weighted by Crippen LogP contribution is -2.39. The largest absolute Gasteiger partial charge is 0.480 e. The van der Waals surface area contributed by atoms with Crippen molar-refractivity contribution < 1.29 is 23.5 Å². The van der Waals surface area contributed by atoms with E-state index in [1.807, 2.05) is 0 Å². The summed E-state index contributed by atoms with van der Waals surface area (Å²) in [5.74, 6) is -0.261. The van der Waals surface area contributed by atoms with E-state index in [2.05, 4.69) is 10.3 Å². The maximum Gasteiger partial charge on any atom is 0.325 e. The maximum atomic E-state index is 11.7. The van der Waals surface area contributed by atoms with Crippen LogP contribution in [0, 0.1) is 6.92 Å². The van der Waals surface area contributed by atoms with Crippen molar-refractivity contribution in [3.05, 3.63) is 29.9 Å². The highest BCUT2D eigenvalue weighted by Crippen LogP contribution is 2.22. The Labute approximate surface area is 114 Å². The van der Waals surface area contributed by atoms with E-state index in [1.54, 1.807) is 19.1 Å². The zero-order valence-corrected chi connectivity index (χ0v) is 11.0. The Morgan fingerprint density at radius 1 is 1.50 bits per heavy atom. The lowest BCUT2D eigenvalue weighted by atomic mass is 10.2. The van der Waals surface area contributed by atoms with Gasteiger partial charge in [0.25, 0.3) is 5.89 Å². The van der Waals surface area contributed by atoms with Crippen LogP contribution in [0.15, 0.2) is 27.2 Å². The van der Waals surface area contributed by atoms with E-state index in [1.165, 1.54) is 13.2 Å². The first-order chi connectivity index (χ1) is 9.47. The molecule has 2 aromatic heterocycles. The fourth-order valence-corrected chi connectivity index (χ4v) is 1.60. The lowest BCUT2D eigenvalue weighted by Gasteiger charge is -2.07. The van der Waals surface area contributed by atoms with Gasteiger partial charge in [-0.25, -0.2) is 4.98 Å². The number of hydrogen-bond donors (Lipinski definition) is 2. The number of rotatable bonds is 5. The maximum absolute atomic E-state index is 11.7. The van der Waals surface area contributed by atoms with Gasteiger partial charge in [0.2, 0.25) is 5.91 Å². The lowest BCUT2D eigenvalue weighted by molar-refractivity contribution is -0.141. The van der Waals surface area contributed by atoms with Gasteiger partial charge in [-0.3, -0.25) is 9.59 Å². The number of aromatic nitrogens is 1. The normalized spacial score (nSPS) is 12.1. The zero-order chi connectivity index (χ0) is 14.7. The zero-order valence-electron chi connectivity index (χ0n) is 11.0. The number of amides is 1. The number of nitrogens with one attached hydrogen (secondary N) is 1.